The predicted octanol–water partition coefficient (Wildman–Crippen LogP) is 1.47. The van der Waals surface area contributed by atoms with E-state index in [0.717, 1.165) is 38.8 Å². The van der Waals surface area contributed by atoms with Crippen molar-refractivity contribution in [3.63, 3.8) is 0 Å². The molecule has 3 rings (SSSR count). The van der Waals surface area contributed by atoms with Gasteiger partial charge in [-0.3, -0.25) is 9.59 Å². The summed E-state index contributed by atoms with van der Waals surface area (Å²) in [4.78, 5) is 26.7. The zero-order valence-corrected chi connectivity index (χ0v) is 14.4. The van der Waals surface area contributed by atoms with Crippen molar-refractivity contribution in [2.75, 3.05) is 19.6 Å². The van der Waals surface area contributed by atoms with Crippen molar-refractivity contribution < 1.29 is 9.59 Å². The first kappa shape index (κ1) is 17.0. The summed E-state index contributed by atoms with van der Waals surface area (Å²) in [5.74, 6) is 0.381. The highest BCUT2D eigenvalue weighted by Crippen LogP contribution is 2.21. The second-order valence-electron chi connectivity index (χ2n) is 6.80. The zero-order valence-electron chi connectivity index (χ0n) is 14.4. The molecular formula is C19H27N3O2. The van der Waals surface area contributed by atoms with Crippen LogP contribution in [-0.2, 0) is 22.6 Å². The van der Waals surface area contributed by atoms with Crippen LogP contribution in [0.1, 0.15) is 37.3 Å². The molecule has 2 N–H and O–H groups in total. The minimum absolute atomic E-state index is 0.0561. The van der Waals surface area contributed by atoms with Crippen LogP contribution in [0.5, 0.6) is 0 Å². The summed E-state index contributed by atoms with van der Waals surface area (Å²) in [7, 11) is 0. The number of carbonyl (C=O) groups is 2. The minimum atomic E-state index is -0.134. The van der Waals surface area contributed by atoms with E-state index in [2.05, 4.69) is 29.7 Å². The summed E-state index contributed by atoms with van der Waals surface area (Å²) >= 11 is 0. The van der Waals surface area contributed by atoms with Crippen molar-refractivity contribution in [3.8, 4) is 0 Å². The normalized spacial score (nSPS) is 21.2. The molecule has 130 valence electrons. The smallest absolute Gasteiger partial charge is 0.240 e. The van der Waals surface area contributed by atoms with Gasteiger partial charge in [-0.25, -0.2) is 0 Å². The highest BCUT2D eigenvalue weighted by Gasteiger charge is 2.32. The topological polar surface area (TPSA) is 61.4 Å². The lowest BCUT2D eigenvalue weighted by Gasteiger charge is -2.35. The van der Waals surface area contributed by atoms with Crippen molar-refractivity contribution in [1.29, 1.82) is 0 Å². The molecule has 0 saturated carbocycles. The maximum atomic E-state index is 12.8. The first-order valence-corrected chi connectivity index (χ1v) is 9.05. The second kappa shape index (κ2) is 7.79. The number of benzene rings is 1. The Labute approximate surface area is 143 Å². The number of nitrogens with zero attached hydrogens (tertiary/aromatic N) is 1. The van der Waals surface area contributed by atoms with E-state index < -0.39 is 0 Å². The Balaban J connectivity index is 1.52. The van der Waals surface area contributed by atoms with Gasteiger partial charge >= 0.3 is 0 Å². The summed E-state index contributed by atoms with van der Waals surface area (Å²) in [5.41, 5.74) is 2.55. The van der Waals surface area contributed by atoms with Crippen LogP contribution in [0.15, 0.2) is 24.3 Å². The third-order valence-corrected chi connectivity index (χ3v) is 5.11. The summed E-state index contributed by atoms with van der Waals surface area (Å²) in [6, 6.07) is 8.16. The van der Waals surface area contributed by atoms with E-state index in [-0.39, 0.29) is 23.8 Å². The van der Waals surface area contributed by atoms with E-state index in [9.17, 15) is 9.59 Å². The quantitative estimate of drug-likeness (QED) is 0.879. The SMILES string of the molecule is CCCNC(=O)C1CCN(C(=O)C2Cc3ccccc3CN2)CC1. The van der Waals surface area contributed by atoms with Gasteiger partial charge in [0.2, 0.25) is 11.8 Å². The van der Waals surface area contributed by atoms with E-state index in [1.54, 1.807) is 0 Å². The van der Waals surface area contributed by atoms with E-state index in [1.807, 2.05) is 17.0 Å². The number of piperidine rings is 1. The van der Waals surface area contributed by atoms with Gasteiger partial charge in [-0.05, 0) is 36.8 Å². The molecule has 2 aliphatic heterocycles. The molecule has 1 aromatic rings. The average molecular weight is 329 g/mol. The lowest BCUT2D eigenvalue weighted by atomic mass is 9.92. The molecule has 2 aliphatic rings. The molecule has 2 heterocycles. The van der Waals surface area contributed by atoms with Crippen LogP contribution in [0.3, 0.4) is 0 Å². The van der Waals surface area contributed by atoms with E-state index in [0.29, 0.717) is 13.1 Å². The average Bonchev–Trinajstić information content (AvgIpc) is 2.65. The van der Waals surface area contributed by atoms with Gasteiger partial charge in [0.25, 0.3) is 0 Å². The molecule has 0 spiro atoms. The Kier molecular flexibility index (Phi) is 5.51. The van der Waals surface area contributed by atoms with Crippen LogP contribution in [0.4, 0.5) is 0 Å². The standard InChI is InChI=1S/C19H27N3O2/c1-2-9-20-18(23)14-7-10-22(11-8-14)19(24)17-12-15-5-3-4-6-16(15)13-21-17/h3-6,14,17,21H,2,7-13H2,1H3,(H,20,23). The predicted molar refractivity (Wildman–Crippen MR) is 93.4 cm³/mol. The molecule has 24 heavy (non-hydrogen) atoms. The summed E-state index contributed by atoms with van der Waals surface area (Å²) < 4.78 is 0. The van der Waals surface area contributed by atoms with Crippen molar-refractivity contribution in [2.24, 2.45) is 5.92 Å². The van der Waals surface area contributed by atoms with Crippen molar-refractivity contribution >= 4 is 11.8 Å². The highest BCUT2D eigenvalue weighted by atomic mass is 16.2. The monoisotopic (exact) mass is 329 g/mol. The van der Waals surface area contributed by atoms with Crippen molar-refractivity contribution in [1.82, 2.24) is 15.5 Å². The molecule has 5 nitrogen and oxygen atoms in total. The third kappa shape index (κ3) is 3.78. The zero-order chi connectivity index (χ0) is 16.9. The Morgan fingerprint density at radius 2 is 1.92 bits per heavy atom. The van der Waals surface area contributed by atoms with E-state index in [4.69, 9.17) is 0 Å². The van der Waals surface area contributed by atoms with Crippen LogP contribution in [-0.4, -0.2) is 42.4 Å². The Morgan fingerprint density at radius 1 is 1.21 bits per heavy atom. The highest BCUT2D eigenvalue weighted by molar-refractivity contribution is 5.83. The number of hydrogen-bond acceptors (Lipinski definition) is 3. The second-order valence-corrected chi connectivity index (χ2v) is 6.80. The molecule has 0 bridgehead atoms. The summed E-state index contributed by atoms with van der Waals surface area (Å²) in [6.45, 7) is 4.91. The molecule has 1 atom stereocenters. The Morgan fingerprint density at radius 3 is 2.62 bits per heavy atom. The van der Waals surface area contributed by atoms with Gasteiger partial charge in [-0.2, -0.15) is 0 Å². The fourth-order valence-electron chi connectivity index (χ4n) is 3.60. The number of fused-ring (bicyclic) bond motifs is 1. The van der Waals surface area contributed by atoms with Crippen LogP contribution in [0, 0.1) is 5.92 Å². The maximum Gasteiger partial charge on any atom is 0.240 e. The Hall–Kier alpha value is -1.88. The molecule has 1 fully saturated rings. The van der Waals surface area contributed by atoms with Crippen LogP contribution in [0.2, 0.25) is 0 Å². The molecule has 0 radical (unpaired) electrons. The number of rotatable bonds is 4. The van der Waals surface area contributed by atoms with Crippen LogP contribution in [0.25, 0.3) is 0 Å². The van der Waals surface area contributed by atoms with Gasteiger partial charge < -0.3 is 15.5 Å². The van der Waals surface area contributed by atoms with Crippen molar-refractivity contribution in [2.45, 2.75) is 45.2 Å². The fraction of sp³-hybridized carbons (Fsp3) is 0.579. The summed E-state index contributed by atoms with van der Waals surface area (Å²) in [6.07, 6.45) is 3.25. The molecular weight excluding hydrogens is 302 g/mol. The molecule has 1 aromatic carbocycles. The largest absolute Gasteiger partial charge is 0.356 e. The third-order valence-electron chi connectivity index (χ3n) is 5.11. The summed E-state index contributed by atoms with van der Waals surface area (Å²) in [5, 5.41) is 6.33. The van der Waals surface area contributed by atoms with Crippen LogP contribution < -0.4 is 10.6 Å². The van der Waals surface area contributed by atoms with Gasteiger partial charge in [0.1, 0.15) is 0 Å². The van der Waals surface area contributed by atoms with E-state index >= 15 is 0 Å². The Bertz CT molecular complexity index is 594. The number of amides is 2. The first-order valence-electron chi connectivity index (χ1n) is 9.05. The van der Waals surface area contributed by atoms with Gasteiger partial charge in [0, 0.05) is 32.1 Å². The lowest BCUT2D eigenvalue weighted by molar-refractivity contribution is -0.137. The molecule has 0 aliphatic carbocycles. The van der Waals surface area contributed by atoms with Gasteiger partial charge in [-0.1, -0.05) is 31.2 Å². The molecule has 1 unspecified atom stereocenters. The maximum absolute atomic E-state index is 12.8. The minimum Gasteiger partial charge on any atom is -0.356 e. The molecule has 2 amide bonds. The number of likely N-dealkylation sites (tertiary alicyclic amines) is 1. The fourth-order valence-corrected chi connectivity index (χ4v) is 3.60. The van der Waals surface area contributed by atoms with Gasteiger partial charge in [-0.15, -0.1) is 0 Å². The molecule has 0 aromatic heterocycles. The lowest BCUT2D eigenvalue weighted by Crippen LogP contribution is -2.52. The van der Waals surface area contributed by atoms with Gasteiger partial charge in [0.15, 0.2) is 0 Å². The first-order chi connectivity index (χ1) is 11.7. The number of hydrogen-bond donors (Lipinski definition) is 2. The van der Waals surface area contributed by atoms with Gasteiger partial charge in [0.05, 0.1) is 6.04 Å². The molecule has 1 saturated heterocycles. The molecule has 5 heteroatoms. The van der Waals surface area contributed by atoms with E-state index in [1.165, 1.54) is 11.1 Å². The number of carbonyl (C=O) groups excluding carboxylic acids is 2. The van der Waals surface area contributed by atoms with Crippen molar-refractivity contribution in [3.05, 3.63) is 35.4 Å². The number of nitrogens with one attached hydrogen (secondary N) is 2. The van der Waals surface area contributed by atoms with Crippen LogP contribution >= 0.6 is 0 Å².